The Morgan fingerprint density at radius 2 is 2.30 bits per heavy atom. The molecule has 118 valence electrons. The predicted octanol–water partition coefficient (Wildman–Crippen LogP) is 1.42. The second-order valence-corrected chi connectivity index (χ2v) is 5.35. The summed E-state index contributed by atoms with van der Waals surface area (Å²) in [4.78, 5) is 14.1. The first-order valence-electron chi connectivity index (χ1n) is 7.86. The highest BCUT2D eigenvalue weighted by Gasteiger charge is 2.22. The third-order valence-corrected chi connectivity index (χ3v) is 3.79. The Labute approximate surface area is 123 Å². The molecule has 0 aromatic carbocycles. The van der Waals surface area contributed by atoms with E-state index in [2.05, 4.69) is 24.1 Å². The van der Waals surface area contributed by atoms with Crippen molar-refractivity contribution < 1.29 is 14.3 Å². The van der Waals surface area contributed by atoms with Crippen LogP contribution >= 0.6 is 0 Å². The van der Waals surface area contributed by atoms with E-state index in [9.17, 15) is 4.79 Å². The molecule has 0 aromatic heterocycles. The lowest BCUT2D eigenvalue weighted by atomic mass is 10.1. The van der Waals surface area contributed by atoms with Gasteiger partial charge in [-0.25, -0.2) is 0 Å². The van der Waals surface area contributed by atoms with Crippen LogP contribution in [0, 0.1) is 0 Å². The number of methoxy groups -OCH3 is 1. The zero-order valence-corrected chi connectivity index (χ0v) is 13.2. The van der Waals surface area contributed by atoms with Gasteiger partial charge in [-0.1, -0.05) is 13.8 Å². The number of nitrogens with one attached hydrogen (secondary N) is 1. The van der Waals surface area contributed by atoms with Gasteiger partial charge in [0, 0.05) is 19.7 Å². The van der Waals surface area contributed by atoms with E-state index in [1.54, 1.807) is 0 Å². The molecule has 1 heterocycles. The summed E-state index contributed by atoms with van der Waals surface area (Å²) in [6, 6.07) is -0.196. The van der Waals surface area contributed by atoms with Crippen molar-refractivity contribution in [2.45, 2.75) is 51.7 Å². The maximum absolute atomic E-state index is 11.7. The van der Waals surface area contributed by atoms with E-state index in [4.69, 9.17) is 9.47 Å². The Kier molecular flexibility index (Phi) is 8.82. The second-order valence-electron chi connectivity index (χ2n) is 5.35. The molecule has 1 aliphatic rings. The van der Waals surface area contributed by atoms with E-state index in [-0.39, 0.29) is 12.0 Å². The van der Waals surface area contributed by atoms with Gasteiger partial charge in [0.2, 0.25) is 0 Å². The van der Waals surface area contributed by atoms with Crippen LogP contribution in [0.1, 0.15) is 39.5 Å². The first kappa shape index (κ1) is 17.4. The van der Waals surface area contributed by atoms with Gasteiger partial charge in [0.15, 0.2) is 0 Å². The zero-order chi connectivity index (χ0) is 14.8. The van der Waals surface area contributed by atoms with E-state index in [1.165, 1.54) is 13.5 Å². The van der Waals surface area contributed by atoms with E-state index in [0.29, 0.717) is 6.10 Å². The monoisotopic (exact) mass is 286 g/mol. The predicted molar refractivity (Wildman–Crippen MR) is 79.8 cm³/mol. The van der Waals surface area contributed by atoms with Gasteiger partial charge in [-0.05, 0) is 38.8 Å². The van der Waals surface area contributed by atoms with Crippen molar-refractivity contribution in [1.29, 1.82) is 0 Å². The minimum absolute atomic E-state index is 0.161. The molecule has 0 amide bonds. The first-order chi connectivity index (χ1) is 9.71. The quantitative estimate of drug-likeness (QED) is 0.616. The molecule has 0 spiro atoms. The summed E-state index contributed by atoms with van der Waals surface area (Å²) < 4.78 is 10.5. The van der Waals surface area contributed by atoms with Crippen molar-refractivity contribution in [3.05, 3.63) is 0 Å². The van der Waals surface area contributed by atoms with Crippen molar-refractivity contribution in [2.24, 2.45) is 0 Å². The molecule has 1 fully saturated rings. The number of likely N-dealkylation sites (N-methyl/N-ethyl adjacent to an activating group) is 1. The number of carbonyl (C=O) groups is 1. The van der Waals surface area contributed by atoms with Gasteiger partial charge in [0.1, 0.15) is 6.04 Å². The molecule has 0 aromatic rings. The molecule has 1 aliphatic heterocycles. The third-order valence-electron chi connectivity index (χ3n) is 3.79. The summed E-state index contributed by atoms with van der Waals surface area (Å²) in [6.45, 7) is 8.84. The standard InChI is InChI=1S/C15H30N2O3/c1-4-9-16-14(15(18)19-3)8-10-17(5-2)12-13-7-6-11-20-13/h13-14,16H,4-12H2,1-3H3. The first-order valence-corrected chi connectivity index (χ1v) is 7.86. The van der Waals surface area contributed by atoms with Crippen molar-refractivity contribution >= 4 is 5.97 Å². The number of carbonyl (C=O) groups excluding carboxylic acids is 1. The topological polar surface area (TPSA) is 50.8 Å². The summed E-state index contributed by atoms with van der Waals surface area (Å²) in [7, 11) is 1.45. The lowest BCUT2D eigenvalue weighted by Crippen LogP contribution is -2.42. The largest absolute Gasteiger partial charge is 0.468 e. The van der Waals surface area contributed by atoms with Crippen LogP contribution in [0.3, 0.4) is 0 Å². The maximum Gasteiger partial charge on any atom is 0.322 e. The SMILES string of the molecule is CCCNC(CCN(CC)CC1CCCO1)C(=O)OC. The summed E-state index contributed by atoms with van der Waals surface area (Å²) >= 11 is 0. The minimum atomic E-state index is -0.196. The number of ether oxygens (including phenoxy) is 2. The fourth-order valence-corrected chi connectivity index (χ4v) is 2.53. The van der Waals surface area contributed by atoms with Crippen LogP contribution in [0.15, 0.2) is 0 Å². The molecule has 1 N–H and O–H groups in total. The van der Waals surface area contributed by atoms with Crippen molar-refractivity contribution in [3.63, 3.8) is 0 Å². The summed E-state index contributed by atoms with van der Waals surface area (Å²) in [6.07, 6.45) is 4.50. The van der Waals surface area contributed by atoms with Gasteiger partial charge in [-0.3, -0.25) is 4.79 Å². The van der Waals surface area contributed by atoms with Gasteiger partial charge in [-0.15, -0.1) is 0 Å². The van der Waals surface area contributed by atoms with Crippen LogP contribution in [-0.4, -0.2) is 62.9 Å². The Balaban J connectivity index is 2.35. The Morgan fingerprint density at radius 3 is 2.85 bits per heavy atom. The van der Waals surface area contributed by atoms with Gasteiger partial charge < -0.3 is 19.7 Å². The molecular weight excluding hydrogens is 256 g/mol. The molecule has 2 unspecified atom stereocenters. The molecule has 5 nitrogen and oxygen atoms in total. The highest BCUT2D eigenvalue weighted by atomic mass is 16.5. The highest BCUT2D eigenvalue weighted by Crippen LogP contribution is 2.13. The van der Waals surface area contributed by atoms with Crippen molar-refractivity contribution in [1.82, 2.24) is 10.2 Å². The van der Waals surface area contributed by atoms with Crippen LogP contribution in [-0.2, 0) is 14.3 Å². The molecule has 20 heavy (non-hydrogen) atoms. The molecule has 5 heteroatoms. The number of hydrogen-bond donors (Lipinski definition) is 1. The lowest BCUT2D eigenvalue weighted by Gasteiger charge is -2.25. The number of rotatable bonds is 10. The second kappa shape index (κ2) is 10.1. The summed E-state index contributed by atoms with van der Waals surface area (Å²) in [5.74, 6) is -0.161. The van der Waals surface area contributed by atoms with E-state index < -0.39 is 0 Å². The zero-order valence-electron chi connectivity index (χ0n) is 13.2. The molecule has 0 aliphatic carbocycles. The smallest absolute Gasteiger partial charge is 0.322 e. The highest BCUT2D eigenvalue weighted by molar-refractivity contribution is 5.75. The van der Waals surface area contributed by atoms with Crippen LogP contribution in [0.25, 0.3) is 0 Å². The van der Waals surface area contributed by atoms with E-state index >= 15 is 0 Å². The Morgan fingerprint density at radius 1 is 1.50 bits per heavy atom. The van der Waals surface area contributed by atoms with E-state index in [0.717, 1.165) is 52.0 Å². The molecule has 1 rings (SSSR count). The summed E-state index contributed by atoms with van der Waals surface area (Å²) in [5, 5.41) is 3.26. The molecule has 1 saturated heterocycles. The molecular formula is C15H30N2O3. The fourth-order valence-electron chi connectivity index (χ4n) is 2.53. The average molecular weight is 286 g/mol. The van der Waals surface area contributed by atoms with Gasteiger partial charge >= 0.3 is 5.97 Å². The van der Waals surface area contributed by atoms with Crippen LogP contribution in [0.4, 0.5) is 0 Å². The number of nitrogens with zero attached hydrogens (tertiary/aromatic N) is 1. The molecule has 0 bridgehead atoms. The van der Waals surface area contributed by atoms with Crippen LogP contribution in [0.2, 0.25) is 0 Å². The lowest BCUT2D eigenvalue weighted by molar-refractivity contribution is -0.143. The Bertz CT molecular complexity index is 268. The Hall–Kier alpha value is -0.650. The minimum Gasteiger partial charge on any atom is -0.468 e. The third kappa shape index (κ3) is 6.20. The maximum atomic E-state index is 11.7. The van der Waals surface area contributed by atoms with Crippen molar-refractivity contribution in [3.8, 4) is 0 Å². The number of hydrogen-bond acceptors (Lipinski definition) is 5. The van der Waals surface area contributed by atoms with Gasteiger partial charge in [0.25, 0.3) is 0 Å². The van der Waals surface area contributed by atoms with Gasteiger partial charge in [-0.2, -0.15) is 0 Å². The normalized spacial score (nSPS) is 20.3. The fraction of sp³-hybridized carbons (Fsp3) is 0.933. The molecule has 0 radical (unpaired) electrons. The number of esters is 1. The van der Waals surface area contributed by atoms with Crippen LogP contribution < -0.4 is 5.32 Å². The summed E-state index contributed by atoms with van der Waals surface area (Å²) in [5.41, 5.74) is 0. The average Bonchev–Trinajstić information content (AvgIpc) is 2.98. The van der Waals surface area contributed by atoms with Gasteiger partial charge in [0.05, 0.1) is 13.2 Å². The molecule has 0 saturated carbocycles. The van der Waals surface area contributed by atoms with E-state index in [1.807, 2.05) is 0 Å². The van der Waals surface area contributed by atoms with Crippen LogP contribution in [0.5, 0.6) is 0 Å². The molecule has 2 atom stereocenters. The van der Waals surface area contributed by atoms with Crippen molar-refractivity contribution in [2.75, 3.05) is 39.9 Å².